The molecule has 0 rings (SSSR count). The molecule has 1 N–H and O–H groups in total. The van der Waals surface area contributed by atoms with E-state index in [1.165, 1.54) is 17.3 Å². The molecule has 2 nitrogen and oxygen atoms in total. The Labute approximate surface area is 65.7 Å². The van der Waals surface area contributed by atoms with Crippen LogP contribution in [0.25, 0.3) is 0 Å². The first-order valence-electron chi connectivity index (χ1n) is 3.07. The standard InChI is InChI=1S/C6H12O2Te/c1-2-3-4-9-5-6(7)8/h2-5H2,1H3,(H,7,8). The van der Waals surface area contributed by atoms with Crippen LogP contribution in [0.1, 0.15) is 19.8 Å². The van der Waals surface area contributed by atoms with Gasteiger partial charge >= 0.3 is 65.5 Å². The van der Waals surface area contributed by atoms with Crippen LogP contribution in [0, 0.1) is 0 Å². The number of carboxylic acid groups (broad SMARTS) is 1. The fraction of sp³-hybridized carbons (Fsp3) is 0.833. The molecular weight excluding hydrogens is 232 g/mol. The molecule has 3 heteroatoms. The Morgan fingerprint density at radius 2 is 2.33 bits per heavy atom. The second-order valence-electron chi connectivity index (χ2n) is 1.80. The zero-order valence-electron chi connectivity index (χ0n) is 5.59. The van der Waals surface area contributed by atoms with Crippen molar-refractivity contribution in [1.29, 1.82) is 0 Å². The Bertz CT molecular complexity index is 83.1. The molecule has 0 amide bonds. The van der Waals surface area contributed by atoms with Crippen LogP contribution in [0.15, 0.2) is 0 Å². The molecule has 0 spiro atoms. The van der Waals surface area contributed by atoms with Crippen LogP contribution in [-0.2, 0) is 4.79 Å². The third-order valence-corrected chi connectivity index (χ3v) is 3.80. The van der Waals surface area contributed by atoms with Gasteiger partial charge in [0.25, 0.3) is 0 Å². The number of unbranched alkanes of at least 4 members (excludes halogenated alkanes) is 1. The monoisotopic (exact) mass is 246 g/mol. The first-order valence-corrected chi connectivity index (χ1v) is 6.36. The second-order valence-corrected chi connectivity index (χ2v) is 4.95. The molecule has 0 radical (unpaired) electrons. The summed E-state index contributed by atoms with van der Waals surface area (Å²) in [5.41, 5.74) is 0. The summed E-state index contributed by atoms with van der Waals surface area (Å²) in [5.74, 6) is -0.617. The Balaban J connectivity index is 2.83. The van der Waals surface area contributed by atoms with E-state index in [0.717, 1.165) is 0 Å². The minimum absolute atomic E-state index is 0.177. The zero-order chi connectivity index (χ0) is 7.11. The first kappa shape index (κ1) is 9.26. The number of carboxylic acids is 1. The van der Waals surface area contributed by atoms with Crippen LogP contribution in [0.4, 0.5) is 0 Å². The van der Waals surface area contributed by atoms with Crippen molar-refractivity contribution in [2.45, 2.75) is 28.7 Å². The SMILES string of the molecule is CCCC[Te]CC(=O)O. The number of hydrogen-bond donors (Lipinski definition) is 1. The molecule has 0 aliphatic carbocycles. The Morgan fingerprint density at radius 1 is 1.67 bits per heavy atom. The van der Waals surface area contributed by atoms with E-state index in [1.807, 2.05) is 0 Å². The summed E-state index contributed by atoms with van der Waals surface area (Å²) in [5, 5.41) is 8.25. The molecule has 0 unspecified atom stereocenters. The van der Waals surface area contributed by atoms with Crippen LogP contribution in [0.3, 0.4) is 0 Å². The molecule has 0 aromatic carbocycles. The molecule has 0 aliphatic rings. The number of hydrogen-bond acceptors (Lipinski definition) is 1. The fourth-order valence-corrected chi connectivity index (χ4v) is 2.72. The molecule has 0 aromatic rings. The van der Waals surface area contributed by atoms with Crippen LogP contribution in [0.5, 0.6) is 0 Å². The quantitative estimate of drug-likeness (QED) is 0.586. The average Bonchev–Trinajstić information content (AvgIpc) is 1.80. The minimum atomic E-state index is -0.617. The summed E-state index contributed by atoms with van der Waals surface area (Å²) in [6.07, 6.45) is 2.42. The summed E-state index contributed by atoms with van der Waals surface area (Å²) in [6, 6.07) is 0. The van der Waals surface area contributed by atoms with Gasteiger partial charge in [-0.3, -0.25) is 0 Å². The van der Waals surface area contributed by atoms with Gasteiger partial charge in [-0.1, -0.05) is 0 Å². The summed E-state index contributed by atoms with van der Waals surface area (Å²) in [4.78, 5) is 9.99. The summed E-state index contributed by atoms with van der Waals surface area (Å²) < 4.78 is 1.65. The molecule has 0 fully saturated rings. The predicted octanol–water partition coefficient (Wildman–Crippen LogP) is 1.41. The fourth-order valence-electron chi connectivity index (χ4n) is 0.406. The van der Waals surface area contributed by atoms with E-state index >= 15 is 0 Å². The van der Waals surface area contributed by atoms with Gasteiger partial charge in [0.2, 0.25) is 0 Å². The van der Waals surface area contributed by atoms with Gasteiger partial charge < -0.3 is 0 Å². The number of carbonyl (C=O) groups is 1. The van der Waals surface area contributed by atoms with Crippen LogP contribution in [-0.4, -0.2) is 32.0 Å². The van der Waals surface area contributed by atoms with Gasteiger partial charge in [-0.25, -0.2) is 0 Å². The maximum absolute atomic E-state index is 9.99. The first-order chi connectivity index (χ1) is 4.27. The molecule has 0 bridgehead atoms. The molecule has 0 saturated carbocycles. The van der Waals surface area contributed by atoms with Crippen molar-refractivity contribution in [3.8, 4) is 0 Å². The third kappa shape index (κ3) is 8.26. The van der Waals surface area contributed by atoms with Crippen molar-refractivity contribution in [1.82, 2.24) is 0 Å². The van der Waals surface area contributed by atoms with Crippen LogP contribution >= 0.6 is 0 Å². The molecule has 0 aliphatic heterocycles. The van der Waals surface area contributed by atoms with Gasteiger partial charge in [0, 0.05) is 0 Å². The van der Waals surface area contributed by atoms with E-state index < -0.39 is 5.97 Å². The van der Waals surface area contributed by atoms with Crippen LogP contribution in [0.2, 0.25) is 8.94 Å². The van der Waals surface area contributed by atoms with Crippen molar-refractivity contribution in [2.24, 2.45) is 0 Å². The summed E-state index contributed by atoms with van der Waals surface area (Å²) >= 11 is -0.177. The van der Waals surface area contributed by atoms with Gasteiger partial charge in [0.15, 0.2) is 0 Å². The molecule has 54 valence electrons. The van der Waals surface area contributed by atoms with E-state index in [-0.39, 0.29) is 20.9 Å². The second kappa shape index (κ2) is 6.38. The predicted molar refractivity (Wildman–Crippen MR) is 37.9 cm³/mol. The van der Waals surface area contributed by atoms with E-state index in [0.29, 0.717) is 4.47 Å². The van der Waals surface area contributed by atoms with Gasteiger partial charge in [0.05, 0.1) is 0 Å². The number of aliphatic carboxylic acids is 1. The Kier molecular flexibility index (Phi) is 6.56. The maximum atomic E-state index is 9.99. The molecule has 0 heterocycles. The molecule has 0 aromatic heterocycles. The van der Waals surface area contributed by atoms with Crippen molar-refractivity contribution >= 4 is 26.9 Å². The molecule has 0 atom stereocenters. The van der Waals surface area contributed by atoms with Crippen molar-refractivity contribution in [3.05, 3.63) is 0 Å². The topological polar surface area (TPSA) is 37.3 Å². The Morgan fingerprint density at radius 3 is 2.78 bits per heavy atom. The normalized spacial score (nSPS) is 9.44. The average molecular weight is 244 g/mol. The number of rotatable bonds is 5. The van der Waals surface area contributed by atoms with E-state index in [4.69, 9.17) is 5.11 Å². The van der Waals surface area contributed by atoms with Gasteiger partial charge in [-0.05, 0) is 0 Å². The Hall–Kier alpha value is 0.260. The van der Waals surface area contributed by atoms with Gasteiger partial charge in [0.1, 0.15) is 0 Å². The van der Waals surface area contributed by atoms with Crippen LogP contribution < -0.4 is 0 Å². The molecule has 9 heavy (non-hydrogen) atoms. The van der Waals surface area contributed by atoms with Gasteiger partial charge in [-0.15, -0.1) is 0 Å². The van der Waals surface area contributed by atoms with E-state index in [9.17, 15) is 4.79 Å². The summed E-state index contributed by atoms with van der Waals surface area (Å²) in [6.45, 7) is 2.13. The third-order valence-electron chi connectivity index (χ3n) is 0.868. The zero-order valence-corrected chi connectivity index (χ0v) is 7.92. The van der Waals surface area contributed by atoms with Crippen molar-refractivity contribution < 1.29 is 9.90 Å². The van der Waals surface area contributed by atoms with E-state index in [1.54, 1.807) is 0 Å². The van der Waals surface area contributed by atoms with Crippen molar-refractivity contribution in [2.75, 3.05) is 0 Å². The summed E-state index contributed by atoms with van der Waals surface area (Å²) in [7, 11) is 0. The van der Waals surface area contributed by atoms with Gasteiger partial charge in [-0.2, -0.15) is 0 Å². The van der Waals surface area contributed by atoms with Crippen molar-refractivity contribution in [3.63, 3.8) is 0 Å². The van der Waals surface area contributed by atoms with E-state index in [2.05, 4.69) is 6.92 Å². The molecule has 0 saturated heterocycles. The molecular formula is C6H12O2Te.